The van der Waals surface area contributed by atoms with Crippen LogP contribution in [0.3, 0.4) is 0 Å². The molecule has 1 aromatic carbocycles. The van der Waals surface area contributed by atoms with Crippen molar-refractivity contribution in [3.05, 3.63) is 18.2 Å². The second kappa shape index (κ2) is 6.31. The van der Waals surface area contributed by atoms with Crippen molar-refractivity contribution < 1.29 is 13.2 Å². The molecule has 116 valence electrons. The van der Waals surface area contributed by atoms with Crippen molar-refractivity contribution in [1.82, 2.24) is 14.3 Å². The smallest absolute Gasteiger partial charge is 0.208 e. The standard InChI is InChI=1S/C13H20N4O3S/c1-3-20-11-7-4-6-10-12(11)16-13(14)17(10)9-5-8-15-21(2,18)19/h4,6-7,15H,3,5,8-9H2,1-2H3,(H2,14,16). The number of benzene rings is 1. The number of sulfonamides is 1. The number of anilines is 1. The Morgan fingerprint density at radius 2 is 2.19 bits per heavy atom. The predicted molar refractivity (Wildman–Crippen MR) is 82.8 cm³/mol. The van der Waals surface area contributed by atoms with Gasteiger partial charge in [0.15, 0.2) is 0 Å². The molecule has 0 spiro atoms. The first kappa shape index (κ1) is 15.6. The number of para-hydroxylation sites is 1. The van der Waals surface area contributed by atoms with E-state index in [1.165, 1.54) is 0 Å². The molecule has 1 heterocycles. The number of ether oxygens (including phenoxy) is 1. The zero-order valence-electron chi connectivity index (χ0n) is 12.2. The van der Waals surface area contributed by atoms with Gasteiger partial charge in [-0.2, -0.15) is 0 Å². The fourth-order valence-electron chi connectivity index (χ4n) is 2.14. The number of nitrogens with zero attached hydrogens (tertiary/aromatic N) is 2. The van der Waals surface area contributed by atoms with Gasteiger partial charge in [0.25, 0.3) is 0 Å². The van der Waals surface area contributed by atoms with Gasteiger partial charge in [-0.3, -0.25) is 0 Å². The van der Waals surface area contributed by atoms with Crippen LogP contribution >= 0.6 is 0 Å². The molecule has 0 amide bonds. The largest absolute Gasteiger partial charge is 0.492 e. The second-order valence-electron chi connectivity index (χ2n) is 4.70. The molecule has 1 aromatic heterocycles. The summed E-state index contributed by atoms with van der Waals surface area (Å²) < 4.78 is 31.9. The molecule has 0 fully saturated rings. The highest BCUT2D eigenvalue weighted by Crippen LogP contribution is 2.27. The number of hydrogen-bond donors (Lipinski definition) is 2. The molecule has 0 aliphatic rings. The van der Waals surface area contributed by atoms with Gasteiger partial charge < -0.3 is 15.0 Å². The summed E-state index contributed by atoms with van der Waals surface area (Å²) in [5.74, 6) is 1.10. The van der Waals surface area contributed by atoms with Crippen molar-refractivity contribution in [2.75, 3.05) is 25.1 Å². The molecule has 2 rings (SSSR count). The Balaban J connectivity index is 2.16. The number of aromatic nitrogens is 2. The Morgan fingerprint density at radius 3 is 2.86 bits per heavy atom. The third kappa shape index (κ3) is 3.85. The molecule has 3 N–H and O–H groups in total. The van der Waals surface area contributed by atoms with Crippen LogP contribution in [-0.4, -0.2) is 37.4 Å². The maximum atomic E-state index is 11.0. The average molecular weight is 312 g/mol. The van der Waals surface area contributed by atoms with Crippen LogP contribution in [0.4, 0.5) is 5.95 Å². The highest BCUT2D eigenvalue weighted by molar-refractivity contribution is 7.88. The number of fused-ring (bicyclic) bond motifs is 1. The Morgan fingerprint density at radius 1 is 1.43 bits per heavy atom. The van der Waals surface area contributed by atoms with Crippen molar-refractivity contribution in [1.29, 1.82) is 0 Å². The van der Waals surface area contributed by atoms with Crippen molar-refractivity contribution in [3.63, 3.8) is 0 Å². The summed E-state index contributed by atoms with van der Waals surface area (Å²) >= 11 is 0. The van der Waals surface area contributed by atoms with Gasteiger partial charge in [0, 0.05) is 13.1 Å². The summed E-state index contributed by atoms with van der Waals surface area (Å²) in [7, 11) is -3.16. The third-order valence-corrected chi connectivity index (χ3v) is 3.72. The van der Waals surface area contributed by atoms with E-state index in [-0.39, 0.29) is 0 Å². The number of nitrogens with two attached hydrogens (primary N) is 1. The number of aryl methyl sites for hydroxylation is 1. The van der Waals surface area contributed by atoms with E-state index in [0.717, 1.165) is 17.3 Å². The molecule has 0 saturated heterocycles. The lowest BCUT2D eigenvalue weighted by molar-refractivity contribution is 0.343. The molecule has 0 aliphatic carbocycles. The zero-order chi connectivity index (χ0) is 15.5. The number of hydrogen-bond acceptors (Lipinski definition) is 5. The first-order valence-electron chi connectivity index (χ1n) is 6.74. The van der Waals surface area contributed by atoms with E-state index < -0.39 is 10.0 Å². The predicted octanol–water partition coefficient (Wildman–Crippen LogP) is 0.957. The van der Waals surface area contributed by atoms with E-state index in [4.69, 9.17) is 10.5 Å². The number of rotatable bonds is 7. The van der Waals surface area contributed by atoms with E-state index in [2.05, 4.69) is 9.71 Å². The molecular weight excluding hydrogens is 292 g/mol. The molecule has 21 heavy (non-hydrogen) atoms. The SMILES string of the molecule is CCOc1cccc2c1nc(N)n2CCCNS(C)(=O)=O. The normalized spacial score (nSPS) is 11.9. The van der Waals surface area contributed by atoms with Gasteiger partial charge in [0.05, 0.1) is 18.4 Å². The van der Waals surface area contributed by atoms with Crippen LogP contribution in [0, 0.1) is 0 Å². The van der Waals surface area contributed by atoms with Gasteiger partial charge in [-0.15, -0.1) is 0 Å². The van der Waals surface area contributed by atoms with Gasteiger partial charge in [-0.05, 0) is 25.5 Å². The summed E-state index contributed by atoms with van der Waals surface area (Å²) in [6.45, 7) is 3.42. The van der Waals surface area contributed by atoms with Crippen molar-refractivity contribution in [2.45, 2.75) is 19.9 Å². The molecule has 8 heteroatoms. The summed E-state index contributed by atoms with van der Waals surface area (Å²) in [6.07, 6.45) is 1.77. The second-order valence-corrected chi connectivity index (χ2v) is 6.53. The average Bonchev–Trinajstić information content (AvgIpc) is 2.71. The van der Waals surface area contributed by atoms with Gasteiger partial charge in [-0.25, -0.2) is 18.1 Å². The first-order valence-corrected chi connectivity index (χ1v) is 8.63. The first-order chi connectivity index (χ1) is 9.92. The van der Waals surface area contributed by atoms with Crippen LogP contribution < -0.4 is 15.2 Å². The molecule has 0 saturated carbocycles. The molecule has 0 aliphatic heterocycles. The molecule has 7 nitrogen and oxygen atoms in total. The minimum atomic E-state index is -3.16. The topological polar surface area (TPSA) is 99.2 Å². The van der Waals surface area contributed by atoms with E-state index in [1.54, 1.807) is 0 Å². The molecule has 0 unspecified atom stereocenters. The van der Waals surface area contributed by atoms with Gasteiger partial charge in [0.1, 0.15) is 11.3 Å². The molecule has 0 bridgehead atoms. The summed E-state index contributed by atoms with van der Waals surface area (Å²) in [5.41, 5.74) is 7.56. The van der Waals surface area contributed by atoms with Crippen LogP contribution in [0.15, 0.2) is 18.2 Å². The van der Waals surface area contributed by atoms with E-state index >= 15 is 0 Å². The van der Waals surface area contributed by atoms with Crippen LogP contribution in [0.1, 0.15) is 13.3 Å². The lowest BCUT2D eigenvalue weighted by atomic mass is 10.3. The van der Waals surface area contributed by atoms with E-state index in [1.807, 2.05) is 29.7 Å². The van der Waals surface area contributed by atoms with Crippen LogP contribution in [0.5, 0.6) is 5.75 Å². The Kier molecular flexibility index (Phi) is 4.69. The fraction of sp³-hybridized carbons (Fsp3) is 0.462. The molecule has 0 atom stereocenters. The highest BCUT2D eigenvalue weighted by atomic mass is 32.2. The lowest BCUT2D eigenvalue weighted by Gasteiger charge is -2.07. The number of nitrogen functional groups attached to an aromatic ring is 1. The number of nitrogens with one attached hydrogen (secondary N) is 1. The fourth-order valence-corrected chi connectivity index (χ4v) is 2.66. The zero-order valence-corrected chi connectivity index (χ0v) is 13.0. The van der Waals surface area contributed by atoms with Gasteiger partial charge >= 0.3 is 0 Å². The van der Waals surface area contributed by atoms with E-state index in [0.29, 0.717) is 37.8 Å². The van der Waals surface area contributed by atoms with Crippen LogP contribution in [0.2, 0.25) is 0 Å². The summed E-state index contributed by atoms with van der Waals surface area (Å²) in [6, 6.07) is 5.67. The molecule has 0 radical (unpaired) electrons. The lowest BCUT2D eigenvalue weighted by Crippen LogP contribution is -2.24. The van der Waals surface area contributed by atoms with Crippen molar-refractivity contribution in [3.8, 4) is 5.75 Å². The summed E-state index contributed by atoms with van der Waals surface area (Å²) in [4.78, 5) is 4.34. The minimum absolute atomic E-state index is 0.364. The highest BCUT2D eigenvalue weighted by Gasteiger charge is 2.12. The van der Waals surface area contributed by atoms with Crippen LogP contribution in [-0.2, 0) is 16.6 Å². The number of imidazole rings is 1. The van der Waals surface area contributed by atoms with Crippen molar-refractivity contribution >= 4 is 27.0 Å². The minimum Gasteiger partial charge on any atom is -0.492 e. The van der Waals surface area contributed by atoms with E-state index in [9.17, 15) is 8.42 Å². The maximum absolute atomic E-state index is 11.0. The third-order valence-electron chi connectivity index (χ3n) is 2.99. The Bertz CT molecular complexity index is 724. The Hall–Kier alpha value is -1.80. The molecular formula is C13H20N4O3S. The van der Waals surface area contributed by atoms with Gasteiger partial charge in [0.2, 0.25) is 16.0 Å². The quantitative estimate of drug-likeness (QED) is 0.742. The van der Waals surface area contributed by atoms with Crippen molar-refractivity contribution in [2.24, 2.45) is 0 Å². The Labute approximate surface area is 124 Å². The monoisotopic (exact) mass is 312 g/mol. The van der Waals surface area contributed by atoms with Crippen LogP contribution in [0.25, 0.3) is 11.0 Å². The molecule has 2 aromatic rings. The summed E-state index contributed by atoms with van der Waals surface area (Å²) in [5, 5.41) is 0. The van der Waals surface area contributed by atoms with Gasteiger partial charge in [-0.1, -0.05) is 6.07 Å². The maximum Gasteiger partial charge on any atom is 0.208 e.